The number of nitrogens with one attached hydrogen (secondary N) is 1. The number of piperazine rings is 1. The maximum Gasteiger partial charge on any atom is 0.283 e. The molecule has 3 amide bonds. The molecule has 0 saturated carbocycles. The van der Waals surface area contributed by atoms with E-state index in [0.717, 1.165) is 6.54 Å². The molecular weight excluding hydrogens is 598 g/mol. The van der Waals surface area contributed by atoms with Crippen molar-refractivity contribution in [3.63, 3.8) is 0 Å². The monoisotopic (exact) mass is 631 g/mol. The Labute approximate surface area is 258 Å². The number of aliphatic hydroxyl groups excluding tert-OH is 1. The summed E-state index contributed by atoms with van der Waals surface area (Å²) in [7, 11) is 5.09. The fourth-order valence-electron chi connectivity index (χ4n) is 5.80. The predicted octanol–water partition coefficient (Wildman–Crippen LogP) is 2.35. The number of benzene rings is 2. The summed E-state index contributed by atoms with van der Waals surface area (Å²) in [5, 5.41) is 13.2. The number of ether oxygens (including phenoxy) is 1. The van der Waals surface area contributed by atoms with Crippen molar-refractivity contribution < 1.29 is 37.5 Å². The number of aliphatic hydroxyl groups is 1. The molecule has 2 saturated heterocycles. The Morgan fingerprint density at radius 3 is 2.39 bits per heavy atom. The molecule has 0 bridgehead atoms. The van der Waals surface area contributed by atoms with Gasteiger partial charge in [0, 0.05) is 43.9 Å². The Balaban J connectivity index is 1.21. The lowest BCUT2D eigenvalue weighted by molar-refractivity contribution is -0.895. The van der Waals surface area contributed by atoms with Gasteiger partial charge in [0.15, 0.2) is 17.6 Å². The van der Waals surface area contributed by atoms with E-state index in [1.807, 2.05) is 14.1 Å². The SMILES string of the molecule is COc1ccc(C2=NC(C)(C(=O)Nc3ccc(C(=O)N4CCN(C(=O)[C@@H]5[C@@H](O)CC[N+]5(C)C)CC4)c(Cl)c3)N=C2)c(F)c1F. The van der Waals surface area contributed by atoms with E-state index in [-0.39, 0.29) is 45.1 Å². The minimum Gasteiger partial charge on any atom is -0.494 e. The summed E-state index contributed by atoms with van der Waals surface area (Å²) in [6, 6.07) is 6.47. The summed E-state index contributed by atoms with van der Waals surface area (Å²) in [4.78, 5) is 51.2. The summed E-state index contributed by atoms with van der Waals surface area (Å²) in [5.41, 5.74) is -1.32. The molecule has 0 aromatic heterocycles. The van der Waals surface area contributed by atoms with Gasteiger partial charge >= 0.3 is 0 Å². The summed E-state index contributed by atoms with van der Waals surface area (Å²) < 4.78 is 34.0. The first kappa shape index (κ1) is 31.5. The highest BCUT2D eigenvalue weighted by atomic mass is 35.5. The lowest BCUT2D eigenvalue weighted by Crippen LogP contribution is -2.60. The number of anilines is 1. The Bertz CT molecular complexity index is 1580. The number of methoxy groups -OCH3 is 1. The molecule has 2 N–H and O–H groups in total. The zero-order valence-electron chi connectivity index (χ0n) is 24.8. The third-order valence-corrected chi connectivity index (χ3v) is 8.77. The molecule has 2 aromatic carbocycles. The van der Waals surface area contributed by atoms with Gasteiger partial charge in [-0.1, -0.05) is 11.6 Å². The molecule has 2 fully saturated rings. The van der Waals surface area contributed by atoms with E-state index in [4.69, 9.17) is 16.3 Å². The number of nitrogens with zero attached hydrogens (tertiary/aromatic N) is 5. The van der Waals surface area contributed by atoms with E-state index >= 15 is 0 Å². The first-order valence-electron chi connectivity index (χ1n) is 14.1. The van der Waals surface area contributed by atoms with Crippen LogP contribution >= 0.6 is 11.6 Å². The fraction of sp³-hybridized carbons (Fsp3) is 0.433. The van der Waals surface area contributed by atoms with Gasteiger partial charge in [0.25, 0.3) is 17.7 Å². The average molecular weight is 632 g/mol. The van der Waals surface area contributed by atoms with Crippen molar-refractivity contribution in [3.8, 4) is 5.75 Å². The second-order valence-electron chi connectivity index (χ2n) is 11.8. The van der Waals surface area contributed by atoms with Crippen molar-refractivity contribution in [2.24, 2.45) is 9.98 Å². The molecule has 3 aliphatic rings. The van der Waals surface area contributed by atoms with Crippen LogP contribution in [0.4, 0.5) is 14.5 Å². The van der Waals surface area contributed by atoms with Crippen LogP contribution in [0.25, 0.3) is 0 Å². The van der Waals surface area contributed by atoms with E-state index < -0.39 is 35.4 Å². The van der Waals surface area contributed by atoms with Crippen molar-refractivity contribution in [1.29, 1.82) is 0 Å². The lowest BCUT2D eigenvalue weighted by atomic mass is 10.1. The number of carbonyl (C=O) groups excluding carboxylic acids is 3. The number of hydrogen-bond acceptors (Lipinski definition) is 7. The van der Waals surface area contributed by atoms with Gasteiger partial charge in [-0.15, -0.1) is 0 Å². The van der Waals surface area contributed by atoms with Crippen LogP contribution in [-0.2, 0) is 9.59 Å². The first-order chi connectivity index (χ1) is 20.8. The maximum absolute atomic E-state index is 14.6. The quantitative estimate of drug-likeness (QED) is 0.474. The Morgan fingerprint density at radius 2 is 1.77 bits per heavy atom. The fourth-order valence-corrected chi connectivity index (χ4v) is 6.06. The first-order valence-corrected chi connectivity index (χ1v) is 14.5. The molecule has 3 aliphatic heterocycles. The number of carbonyl (C=O) groups is 3. The van der Waals surface area contributed by atoms with Crippen molar-refractivity contribution in [3.05, 3.63) is 58.1 Å². The molecule has 0 radical (unpaired) electrons. The zero-order chi connectivity index (χ0) is 32.0. The average Bonchev–Trinajstić information content (AvgIpc) is 3.52. The topological polar surface area (TPSA) is 124 Å². The number of hydrogen-bond donors (Lipinski definition) is 2. The van der Waals surface area contributed by atoms with Crippen LogP contribution in [0.1, 0.15) is 29.3 Å². The number of rotatable bonds is 6. The molecule has 1 unspecified atom stereocenters. The number of likely N-dealkylation sites (tertiary alicyclic amines) is 1. The summed E-state index contributed by atoms with van der Waals surface area (Å²) in [6.07, 6.45) is 1.08. The van der Waals surface area contributed by atoms with Crippen LogP contribution in [0.3, 0.4) is 0 Å². The number of quaternary nitrogens is 1. The van der Waals surface area contributed by atoms with Crippen molar-refractivity contribution in [2.75, 3.05) is 59.2 Å². The van der Waals surface area contributed by atoms with Crippen LogP contribution in [0.5, 0.6) is 5.75 Å². The molecule has 2 aromatic rings. The van der Waals surface area contributed by atoms with Crippen LogP contribution < -0.4 is 10.1 Å². The van der Waals surface area contributed by atoms with E-state index in [0.29, 0.717) is 37.1 Å². The summed E-state index contributed by atoms with van der Waals surface area (Å²) >= 11 is 6.46. The van der Waals surface area contributed by atoms with Gasteiger partial charge in [-0.3, -0.25) is 19.4 Å². The van der Waals surface area contributed by atoms with Gasteiger partial charge in [-0.25, -0.2) is 9.38 Å². The van der Waals surface area contributed by atoms with E-state index in [1.165, 1.54) is 50.6 Å². The second-order valence-corrected chi connectivity index (χ2v) is 12.2. The molecule has 14 heteroatoms. The highest BCUT2D eigenvalue weighted by Crippen LogP contribution is 2.29. The molecule has 0 spiro atoms. The summed E-state index contributed by atoms with van der Waals surface area (Å²) in [6.45, 7) is 3.44. The van der Waals surface area contributed by atoms with Crippen molar-refractivity contribution in [2.45, 2.75) is 31.2 Å². The highest BCUT2D eigenvalue weighted by Gasteiger charge is 2.48. The van der Waals surface area contributed by atoms with Gasteiger partial charge in [0.05, 0.1) is 50.3 Å². The third kappa shape index (κ3) is 5.78. The minimum absolute atomic E-state index is 0.00956. The predicted molar refractivity (Wildman–Crippen MR) is 160 cm³/mol. The van der Waals surface area contributed by atoms with E-state index in [1.54, 1.807) is 9.80 Å². The summed E-state index contributed by atoms with van der Waals surface area (Å²) in [5.74, 6) is -3.68. The van der Waals surface area contributed by atoms with Crippen molar-refractivity contribution in [1.82, 2.24) is 9.80 Å². The van der Waals surface area contributed by atoms with Crippen LogP contribution in [0, 0.1) is 11.6 Å². The number of likely N-dealkylation sites (N-methyl/N-ethyl adjacent to an activating group) is 1. The smallest absolute Gasteiger partial charge is 0.283 e. The largest absolute Gasteiger partial charge is 0.494 e. The van der Waals surface area contributed by atoms with Crippen LogP contribution in [0.15, 0.2) is 40.3 Å². The number of aliphatic imine (C=N–C) groups is 2. The molecule has 234 valence electrons. The highest BCUT2D eigenvalue weighted by molar-refractivity contribution is 6.40. The number of amides is 3. The Kier molecular flexibility index (Phi) is 8.49. The van der Waals surface area contributed by atoms with E-state index in [9.17, 15) is 28.3 Å². The molecule has 3 atom stereocenters. The van der Waals surface area contributed by atoms with Gasteiger partial charge < -0.3 is 29.4 Å². The second kappa shape index (κ2) is 11.9. The van der Waals surface area contributed by atoms with Gasteiger partial charge in [0.2, 0.25) is 11.5 Å². The normalized spacial score (nSPS) is 24.3. The minimum atomic E-state index is -1.65. The lowest BCUT2D eigenvalue weighted by Gasteiger charge is -2.39. The third-order valence-electron chi connectivity index (χ3n) is 8.46. The van der Waals surface area contributed by atoms with Crippen LogP contribution in [-0.4, -0.2) is 121 Å². The van der Waals surface area contributed by atoms with E-state index in [2.05, 4.69) is 15.3 Å². The number of halogens is 3. The Morgan fingerprint density at radius 1 is 1.09 bits per heavy atom. The molecule has 44 heavy (non-hydrogen) atoms. The van der Waals surface area contributed by atoms with Crippen molar-refractivity contribution >= 4 is 46.9 Å². The molecular formula is C30H34ClF2N6O5+. The van der Waals surface area contributed by atoms with Gasteiger partial charge in [-0.05, 0) is 37.3 Å². The Hall–Kier alpha value is -3.94. The van der Waals surface area contributed by atoms with Gasteiger partial charge in [-0.2, -0.15) is 4.39 Å². The molecule has 3 heterocycles. The maximum atomic E-state index is 14.6. The van der Waals surface area contributed by atoms with Gasteiger partial charge in [0.1, 0.15) is 6.10 Å². The zero-order valence-corrected chi connectivity index (χ0v) is 25.6. The molecule has 5 rings (SSSR count). The standard InChI is InChI=1S/C30H33ClF2N6O5/c1-30(34-16-21(36-30)19-7-8-23(44-4)25(33)24(19)32)29(43)35-17-5-6-18(20(31)15-17)27(41)37-10-12-38(13-11-37)28(42)26-22(40)9-14-39(26,2)3/h5-8,15-16,22,26,40H,9-14H2,1-4H3/p+1/t22-,26-,30?/m0/s1. The van der Waals surface area contributed by atoms with Crippen LogP contribution in [0.2, 0.25) is 5.02 Å². The molecule has 11 nitrogen and oxygen atoms in total. The molecule has 0 aliphatic carbocycles.